The van der Waals surface area contributed by atoms with Crippen LogP contribution < -0.4 is 10.6 Å². The molecular formula is C14H16N6O2S2. The molecule has 2 heterocycles. The lowest BCUT2D eigenvalue weighted by Crippen LogP contribution is -2.27. The van der Waals surface area contributed by atoms with E-state index in [4.69, 9.17) is 0 Å². The summed E-state index contributed by atoms with van der Waals surface area (Å²) in [6.45, 7) is 1.05. The van der Waals surface area contributed by atoms with Crippen LogP contribution in [0.4, 0.5) is 0 Å². The molecule has 2 aromatic rings. The van der Waals surface area contributed by atoms with Crippen LogP contribution in [0.5, 0.6) is 0 Å². The average Bonchev–Trinajstić information content (AvgIpc) is 2.65. The molecule has 0 aliphatic rings. The maximum atomic E-state index is 11.7. The van der Waals surface area contributed by atoms with Gasteiger partial charge in [0, 0.05) is 49.4 Å². The number of carbonyl (C=O) groups is 2. The van der Waals surface area contributed by atoms with E-state index in [0.717, 1.165) is 11.5 Å². The summed E-state index contributed by atoms with van der Waals surface area (Å²) < 4.78 is 0. The average molecular weight is 364 g/mol. The highest BCUT2D eigenvalue weighted by atomic mass is 33.1. The zero-order valence-electron chi connectivity index (χ0n) is 12.7. The van der Waals surface area contributed by atoms with Crippen molar-refractivity contribution in [1.29, 1.82) is 0 Å². The Bertz CT molecular complexity index is 587. The third-order valence-electron chi connectivity index (χ3n) is 2.56. The molecule has 24 heavy (non-hydrogen) atoms. The van der Waals surface area contributed by atoms with E-state index in [1.165, 1.54) is 24.8 Å². The molecule has 8 nitrogen and oxygen atoms in total. The van der Waals surface area contributed by atoms with E-state index in [-0.39, 0.29) is 23.5 Å². The lowest BCUT2D eigenvalue weighted by molar-refractivity contribution is 0.0937. The van der Waals surface area contributed by atoms with E-state index in [0.29, 0.717) is 13.1 Å². The van der Waals surface area contributed by atoms with Crippen molar-refractivity contribution in [1.82, 2.24) is 30.6 Å². The first-order valence-electron chi connectivity index (χ1n) is 7.12. The standard InChI is InChI=1S/C14H16N6O2S2/c21-13(11-15-3-1-4-16-11)19-7-9-23-24-10-8-20-14(22)12-17-5-2-6-18-12/h1-6H,7-10H2,(H,19,21)(H,20,22). The number of carbonyl (C=O) groups excluding carboxylic acids is 2. The number of hydrogen-bond acceptors (Lipinski definition) is 8. The van der Waals surface area contributed by atoms with Crippen LogP contribution >= 0.6 is 21.6 Å². The normalized spacial score (nSPS) is 10.2. The Balaban J connectivity index is 1.48. The molecule has 2 aromatic heterocycles. The minimum absolute atomic E-state index is 0.168. The SMILES string of the molecule is O=C(NCCSSCCNC(=O)c1ncccn1)c1ncccn1. The van der Waals surface area contributed by atoms with E-state index in [1.807, 2.05) is 0 Å². The van der Waals surface area contributed by atoms with Crippen molar-refractivity contribution in [3.8, 4) is 0 Å². The van der Waals surface area contributed by atoms with Crippen LogP contribution in [0.1, 0.15) is 21.2 Å². The molecule has 0 spiro atoms. The van der Waals surface area contributed by atoms with Crippen molar-refractivity contribution in [2.75, 3.05) is 24.6 Å². The molecule has 2 amide bonds. The first kappa shape index (κ1) is 18.1. The van der Waals surface area contributed by atoms with Gasteiger partial charge in [0.2, 0.25) is 11.6 Å². The van der Waals surface area contributed by atoms with Crippen molar-refractivity contribution < 1.29 is 9.59 Å². The Hall–Kier alpha value is -2.20. The van der Waals surface area contributed by atoms with E-state index < -0.39 is 0 Å². The van der Waals surface area contributed by atoms with Crippen LogP contribution in [0.2, 0.25) is 0 Å². The van der Waals surface area contributed by atoms with Crippen molar-refractivity contribution in [3.63, 3.8) is 0 Å². The van der Waals surface area contributed by atoms with Crippen molar-refractivity contribution in [2.45, 2.75) is 0 Å². The molecule has 0 unspecified atom stereocenters. The molecule has 2 N–H and O–H groups in total. The minimum Gasteiger partial charge on any atom is -0.348 e. The lowest BCUT2D eigenvalue weighted by Gasteiger charge is -2.05. The highest BCUT2D eigenvalue weighted by Crippen LogP contribution is 2.19. The van der Waals surface area contributed by atoms with Crippen LogP contribution in [0.15, 0.2) is 36.9 Å². The topological polar surface area (TPSA) is 110 Å². The zero-order chi connectivity index (χ0) is 17.0. The molecule has 0 saturated heterocycles. The maximum Gasteiger partial charge on any atom is 0.289 e. The molecule has 0 aromatic carbocycles. The van der Waals surface area contributed by atoms with Crippen LogP contribution in [0.3, 0.4) is 0 Å². The number of hydrogen-bond donors (Lipinski definition) is 2. The second-order valence-electron chi connectivity index (χ2n) is 4.30. The number of aromatic nitrogens is 4. The maximum absolute atomic E-state index is 11.7. The molecule has 0 radical (unpaired) electrons. The molecular weight excluding hydrogens is 348 g/mol. The largest absolute Gasteiger partial charge is 0.348 e. The molecule has 10 heteroatoms. The second-order valence-corrected chi connectivity index (χ2v) is 7.00. The highest BCUT2D eigenvalue weighted by Gasteiger charge is 2.07. The highest BCUT2D eigenvalue weighted by molar-refractivity contribution is 8.76. The molecule has 126 valence electrons. The van der Waals surface area contributed by atoms with Crippen LogP contribution in [0, 0.1) is 0 Å². The number of nitrogens with one attached hydrogen (secondary N) is 2. The fourth-order valence-corrected chi connectivity index (χ4v) is 3.33. The molecule has 0 aliphatic carbocycles. The first-order chi connectivity index (χ1) is 11.8. The first-order valence-corrected chi connectivity index (χ1v) is 9.61. The number of rotatable bonds is 9. The van der Waals surface area contributed by atoms with Gasteiger partial charge in [-0.25, -0.2) is 19.9 Å². The quantitative estimate of drug-likeness (QED) is 0.497. The van der Waals surface area contributed by atoms with Gasteiger partial charge >= 0.3 is 0 Å². The van der Waals surface area contributed by atoms with Gasteiger partial charge in [-0.1, -0.05) is 21.6 Å². The molecule has 0 bridgehead atoms. The Kier molecular flexibility index (Phi) is 7.98. The van der Waals surface area contributed by atoms with E-state index in [2.05, 4.69) is 30.6 Å². The number of amides is 2. The summed E-state index contributed by atoms with van der Waals surface area (Å²) in [5.74, 6) is 1.27. The van der Waals surface area contributed by atoms with Gasteiger partial charge in [-0.15, -0.1) is 0 Å². The smallest absolute Gasteiger partial charge is 0.289 e. The molecule has 0 saturated carbocycles. The summed E-state index contributed by atoms with van der Waals surface area (Å²) in [4.78, 5) is 38.9. The summed E-state index contributed by atoms with van der Waals surface area (Å²) in [5.41, 5.74) is 0. The summed E-state index contributed by atoms with van der Waals surface area (Å²) in [6.07, 6.45) is 6.12. The predicted octanol–water partition coefficient (Wildman–Crippen LogP) is 0.808. The second kappa shape index (κ2) is 10.6. The van der Waals surface area contributed by atoms with E-state index >= 15 is 0 Å². The van der Waals surface area contributed by atoms with E-state index in [9.17, 15) is 9.59 Å². The molecule has 0 atom stereocenters. The van der Waals surface area contributed by atoms with E-state index in [1.54, 1.807) is 33.7 Å². The van der Waals surface area contributed by atoms with Gasteiger partial charge in [0.1, 0.15) is 0 Å². The van der Waals surface area contributed by atoms with Gasteiger partial charge < -0.3 is 10.6 Å². The molecule has 0 fully saturated rings. The summed E-state index contributed by atoms with van der Waals surface area (Å²) >= 11 is 0. The van der Waals surface area contributed by atoms with Crippen LogP contribution in [-0.4, -0.2) is 56.3 Å². The van der Waals surface area contributed by atoms with Gasteiger partial charge in [0.15, 0.2) is 0 Å². The van der Waals surface area contributed by atoms with Crippen molar-refractivity contribution in [3.05, 3.63) is 48.6 Å². The zero-order valence-corrected chi connectivity index (χ0v) is 14.3. The monoisotopic (exact) mass is 364 g/mol. The molecule has 2 rings (SSSR count). The van der Waals surface area contributed by atoms with Gasteiger partial charge in [-0.2, -0.15) is 0 Å². The Morgan fingerprint density at radius 2 is 1.12 bits per heavy atom. The summed E-state index contributed by atoms with van der Waals surface area (Å²) in [5, 5.41) is 5.49. The van der Waals surface area contributed by atoms with Gasteiger partial charge in [0.05, 0.1) is 0 Å². The Morgan fingerprint density at radius 3 is 1.50 bits per heavy atom. The van der Waals surface area contributed by atoms with Gasteiger partial charge in [-0.05, 0) is 12.1 Å². The van der Waals surface area contributed by atoms with Crippen LogP contribution in [-0.2, 0) is 0 Å². The van der Waals surface area contributed by atoms with Crippen LogP contribution in [0.25, 0.3) is 0 Å². The molecule has 0 aliphatic heterocycles. The van der Waals surface area contributed by atoms with Gasteiger partial charge in [0.25, 0.3) is 11.8 Å². The summed E-state index contributed by atoms with van der Waals surface area (Å²) in [7, 11) is 3.23. The third-order valence-corrected chi connectivity index (χ3v) is 4.97. The lowest BCUT2D eigenvalue weighted by atomic mass is 10.5. The van der Waals surface area contributed by atoms with Crippen molar-refractivity contribution in [2.24, 2.45) is 0 Å². The fraction of sp³-hybridized carbons (Fsp3) is 0.286. The van der Waals surface area contributed by atoms with Gasteiger partial charge in [-0.3, -0.25) is 9.59 Å². The fourth-order valence-electron chi connectivity index (χ4n) is 1.52. The number of nitrogens with zero attached hydrogens (tertiary/aromatic N) is 4. The predicted molar refractivity (Wildman–Crippen MR) is 93.6 cm³/mol. The third kappa shape index (κ3) is 6.50. The van der Waals surface area contributed by atoms with Crippen molar-refractivity contribution >= 4 is 33.4 Å². The summed E-state index contributed by atoms with van der Waals surface area (Å²) in [6, 6.07) is 3.32. The Labute approximate surface area is 147 Å². The minimum atomic E-state index is -0.281. The Morgan fingerprint density at radius 1 is 0.750 bits per heavy atom.